The van der Waals surface area contributed by atoms with Gasteiger partial charge in [-0.05, 0) is 17.7 Å². The normalized spacial score (nSPS) is 11.2. The Morgan fingerprint density at radius 1 is 0.750 bits per heavy atom. The second-order valence-corrected chi connectivity index (χ2v) is 8.96. The fourth-order valence-corrected chi connectivity index (χ4v) is 5.54. The van der Waals surface area contributed by atoms with Gasteiger partial charge in [0.2, 0.25) is 0 Å². The predicted molar refractivity (Wildman–Crippen MR) is 104 cm³/mol. The molecule has 24 heavy (non-hydrogen) atoms. The molecule has 0 amide bonds. The highest BCUT2D eigenvalue weighted by molar-refractivity contribution is 7.78. The molecule has 0 bridgehead atoms. The monoisotopic (exact) mass is 335 g/mol. The van der Waals surface area contributed by atoms with E-state index in [1.807, 2.05) is 80.8 Å². The highest BCUT2D eigenvalue weighted by Gasteiger charge is 2.27. The molecule has 0 fully saturated rings. The van der Waals surface area contributed by atoms with Gasteiger partial charge in [-0.15, -0.1) is 0 Å². The van der Waals surface area contributed by atoms with Crippen molar-refractivity contribution in [3.63, 3.8) is 0 Å². The Morgan fingerprint density at radius 3 is 1.79 bits per heavy atom. The summed E-state index contributed by atoms with van der Waals surface area (Å²) in [5.41, 5.74) is 2.22. The summed E-state index contributed by atoms with van der Waals surface area (Å²) in [5, 5.41) is 1.82. The van der Waals surface area contributed by atoms with Crippen molar-refractivity contribution in [2.75, 3.05) is 19.0 Å². The summed E-state index contributed by atoms with van der Waals surface area (Å²) in [6.07, 6.45) is 0.530. The molecule has 0 spiro atoms. The predicted octanol–water partition coefficient (Wildman–Crippen LogP) is 4.27. The topological polar surface area (TPSA) is 20.3 Å². The summed E-state index contributed by atoms with van der Waals surface area (Å²) in [6.45, 7) is 0. The van der Waals surface area contributed by atoms with Crippen LogP contribution in [0.15, 0.2) is 84.9 Å². The first-order valence-corrected chi connectivity index (χ1v) is 9.95. The van der Waals surface area contributed by atoms with E-state index in [1.165, 1.54) is 0 Å². The van der Waals surface area contributed by atoms with Crippen LogP contribution < -0.4 is 15.5 Å². The number of benzene rings is 3. The van der Waals surface area contributed by atoms with Gasteiger partial charge in [-0.2, -0.15) is 0 Å². The SMILES string of the molecule is CN(C)c1cccc(CP(=O)(c2ccccc2)c2ccccc2)c1. The smallest absolute Gasteiger partial charge is 0.147 e. The van der Waals surface area contributed by atoms with Gasteiger partial charge in [-0.1, -0.05) is 72.8 Å². The first-order valence-electron chi connectivity index (χ1n) is 8.06. The molecule has 0 N–H and O–H groups in total. The highest BCUT2D eigenvalue weighted by Crippen LogP contribution is 2.47. The van der Waals surface area contributed by atoms with Crippen molar-refractivity contribution in [2.45, 2.75) is 6.16 Å². The second kappa shape index (κ2) is 7.07. The zero-order chi connectivity index (χ0) is 17.0. The minimum absolute atomic E-state index is 0.530. The van der Waals surface area contributed by atoms with Gasteiger partial charge in [-0.3, -0.25) is 0 Å². The molecule has 122 valence electrons. The van der Waals surface area contributed by atoms with E-state index in [-0.39, 0.29) is 0 Å². The van der Waals surface area contributed by atoms with Gasteiger partial charge in [0.25, 0.3) is 0 Å². The lowest BCUT2D eigenvalue weighted by Gasteiger charge is -2.21. The summed E-state index contributed by atoms with van der Waals surface area (Å²) < 4.78 is 14.1. The molecule has 0 atom stereocenters. The van der Waals surface area contributed by atoms with E-state index in [2.05, 4.69) is 23.1 Å². The zero-order valence-electron chi connectivity index (χ0n) is 14.1. The van der Waals surface area contributed by atoms with E-state index >= 15 is 0 Å². The van der Waals surface area contributed by atoms with Crippen LogP contribution in [0.5, 0.6) is 0 Å². The fourth-order valence-electron chi connectivity index (χ4n) is 2.86. The average molecular weight is 335 g/mol. The number of rotatable bonds is 5. The van der Waals surface area contributed by atoms with E-state index in [0.717, 1.165) is 21.9 Å². The first kappa shape index (κ1) is 16.5. The Hall–Kier alpha value is -2.31. The molecular weight excluding hydrogens is 313 g/mol. The van der Waals surface area contributed by atoms with Crippen molar-refractivity contribution < 1.29 is 4.57 Å². The molecule has 0 aliphatic heterocycles. The van der Waals surface area contributed by atoms with Crippen LogP contribution in [0, 0.1) is 0 Å². The van der Waals surface area contributed by atoms with Crippen molar-refractivity contribution in [2.24, 2.45) is 0 Å². The minimum atomic E-state index is -2.71. The van der Waals surface area contributed by atoms with E-state index in [9.17, 15) is 4.57 Å². The molecule has 3 rings (SSSR count). The molecule has 0 saturated carbocycles. The summed E-state index contributed by atoms with van der Waals surface area (Å²) in [7, 11) is 1.33. The highest BCUT2D eigenvalue weighted by atomic mass is 31.2. The molecule has 3 heteroatoms. The van der Waals surface area contributed by atoms with Crippen LogP contribution in [0.1, 0.15) is 5.56 Å². The van der Waals surface area contributed by atoms with E-state index < -0.39 is 7.14 Å². The minimum Gasteiger partial charge on any atom is -0.378 e. The van der Waals surface area contributed by atoms with Crippen molar-refractivity contribution in [3.8, 4) is 0 Å². The summed E-state index contributed by atoms with van der Waals surface area (Å²) in [4.78, 5) is 2.07. The molecule has 0 aliphatic rings. The maximum absolute atomic E-state index is 14.1. The van der Waals surface area contributed by atoms with Crippen LogP contribution in [0.3, 0.4) is 0 Å². The van der Waals surface area contributed by atoms with Crippen molar-refractivity contribution in [3.05, 3.63) is 90.5 Å². The molecule has 0 heterocycles. The lowest BCUT2D eigenvalue weighted by atomic mass is 10.2. The van der Waals surface area contributed by atoms with Gasteiger partial charge < -0.3 is 9.46 Å². The number of nitrogens with zero attached hydrogens (tertiary/aromatic N) is 1. The third-order valence-corrected chi connectivity index (χ3v) is 7.25. The van der Waals surface area contributed by atoms with Crippen molar-refractivity contribution in [1.82, 2.24) is 0 Å². The van der Waals surface area contributed by atoms with Gasteiger partial charge in [0, 0.05) is 36.6 Å². The Balaban J connectivity index is 2.07. The van der Waals surface area contributed by atoms with E-state index in [0.29, 0.717) is 6.16 Å². The number of hydrogen-bond acceptors (Lipinski definition) is 2. The molecule has 3 aromatic rings. The van der Waals surface area contributed by atoms with Crippen LogP contribution in [-0.4, -0.2) is 14.1 Å². The Kier molecular flexibility index (Phi) is 4.87. The summed E-state index contributed by atoms with van der Waals surface area (Å²) >= 11 is 0. The largest absolute Gasteiger partial charge is 0.378 e. The van der Waals surface area contributed by atoms with Crippen molar-refractivity contribution in [1.29, 1.82) is 0 Å². The quantitative estimate of drug-likeness (QED) is 0.649. The van der Waals surface area contributed by atoms with Gasteiger partial charge in [0.05, 0.1) is 0 Å². The van der Waals surface area contributed by atoms with Crippen LogP contribution in [0.4, 0.5) is 5.69 Å². The average Bonchev–Trinajstić information content (AvgIpc) is 2.63. The van der Waals surface area contributed by atoms with Crippen LogP contribution in [0.2, 0.25) is 0 Å². The fraction of sp³-hybridized carbons (Fsp3) is 0.143. The first-order chi connectivity index (χ1) is 11.6. The summed E-state index contributed by atoms with van der Waals surface area (Å²) in [5.74, 6) is 0. The van der Waals surface area contributed by atoms with E-state index in [4.69, 9.17) is 0 Å². The standard InChI is InChI=1S/C21H22NOP/c1-22(2)19-11-9-10-18(16-19)17-24(23,20-12-5-3-6-13-20)21-14-7-4-8-15-21/h3-16H,17H2,1-2H3. The van der Waals surface area contributed by atoms with Gasteiger partial charge in [0.15, 0.2) is 0 Å². The molecule has 2 nitrogen and oxygen atoms in total. The second-order valence-electron chi connectivity index (χ2n) is 6.13. The van der Waals surface area contributed by atoms with Crippen LogP contribution in [-0.2, 0) is 10.7 Å². The maximum atomic E-state index is 14.1. The molecule has 3 aromatic carbocycles. The van der Waals surface area contributed by atoms with Crippen LogP contribution in [0.25, 0.3) is 0 Å². The third-order valence-electron chi connectivity index (χ3n) is 4.18. The zero-order valence-corrected chi connectivity index (χ0v) is 15.0. The van der Waals surface area contributed by atoms with Crippen LogP contribution >= 0.6 is 7.14 Å². The van der Waals surface area contributed by atoms with E-state index in [1.54, 1.807) is 0 Å². The lowest BCUT2D eigenvalue weighted by Crippen LogP contribution is -2.17. The maximum Gasteiger partial charge on any atom is 0.147 e. The Bertz CT molecular complexity index is 800. The molecule has 0 aliphatic carbocycles. The third kappa shape index (κ3) is 3.44. The summed E-state index contributed by atoms with van der Waals surface area (Å²) in [6, 6.07) is 28.0. The number of hydrogen-bond donors (Lipinski definition) is 0. The Morgan fingerprint density at radius 2 is 1.29 bits per heavy atom. The molecule has 0 saturated heterocycles. The molecular formula is C21H22NOP. The molecule has 0 unspecified atom stereocenters. The van der Waals surface area contributed by atoms with Crippen molar-refractivity contribution >= 4 is 23.4 Å². The lowest BCUT2D eigenvalue weighted by molar-refractivity contribution is 0.586. The van der Waals surface area contributed by atoms with Gasteiger partial charge >= 0.3 is 0 Å². The van der Waals surface area contributed by atoms with Gasteiger partial charge in [0.1, 0.15) is 7.14 Å². The molecule has 0 aromatic heterocycles. The molecule has 0 radical (unpaired) electrons. The Labute approximate surface area is 144 Å². The number of anilines is 1. The van der Waals surface area contributed by atoms with Gasteiger partial charge in [-0.25, -0.2) is 0 Å².